The molecular weight excluding hydrogens is 807 g/mol. The van der Waals surface area contributed by atoms with E-state index in [1.165, 1.54) is 43.9 Å². The lowest BCUT2D eigenvalue weighted by molar-refractivity contribution is 0.484. The van der Waals surface area contributed by atoms with Gasteiger partial charge in [-0.3, -0.25) is 9.13 Å². The van der Waals surface area contributed by atoms with Gasteiger partial charge in [0.05, 0.1) is 33.1 Å². The zero-order valence-electron chi connectivity index (χ0n) is 38.0. The minimum atomic E-state index is -0.0507. The van der Waals surface area contributed by atoms with Crippen molar-refractivity contribution in [3.8, 4) is 39.9 Å². The summed E-state index contributed by atoms with van der Waals surface area (Å²) in [5.74, 6) is 3.26. The van der Waals surface area contributed by atoms with Gasteiger partial charge in [0.1, 0.15) is 23.1 Å². The van der Waals surface area contributed by atoms with Crippen LogP contribution in [-0.4, -0.2) is 23.7 Å². The second-order valence-electron chi connectivity index (χ2n) is 19.6. The van der Waals surface area contributed by atoms with Crippen LogP contribution in [0.4, 0.5) is 0 Å². The van der Waals surface area contributed by atoms with E-state index in [1.54, 1.807) is 0 Å². The molecule has 320 valence electrons. The molecule has 0 radical (unpaired) electrons. The van der Waals surface area contributed by atoms with Crippen LogP contribution in [0.15, 0.2) is 188 Å². The highest BCUT2D eigenvalue weighted by Gasteiger charge is 2.22. The lowest BCUT2D eigenvalue weighted by atomic mass is 9.88. The van der Waals surface area contributed by atoms with E-state index in [2.05, 4.69) is 231 Å². The molecule has 12 rings (SSSR count). The molecule has 0 spiro atoms. The van der Waals surface area contributed by atoms with Crippen LogP contribution in [0.3, 0.4) is 0 Å². The van der Waals surface area contributed by atoms with Gasteiger partial charge >= 0.3 is 0 Å². The van der Waals surface area contributed by atoms with E-state index in [0.29, 0.717) is 0 Å². The van der Waals surface area contributed by atoms with E-state index in [0.717, 1.165) is 72.6 Å². The summed E-state index contributed by atoms with van der Waals surface area (Å²) in [6.45, 7) is 13.5. The van der Waals surface area contributed by atoms with Crippen molar-refractivity contribution in [2.24, 2.45) is 0 Å². The Balaban J connectivity index is 1.00. The Bertz CT molecular complexity index is 3870. The van der Waals surface area contributed by atoms with Crippen molar-refractivity contribution in [3.63, 3.8) is 0 Å². The molecule has 0 bridgehead atoms. The predicted molar refractivity (Wildman–Crippen MR) is 274 cm³/mol. The summed E-state index contributed by atoms with van der Waals surface area (Å²) in [6, 6.07) is 63.2. The quantitative estimate of drug-likeness (QED) is 0.167. The molecule has 0 fully saturated rings. The van der Waals surface area contributed by atoms with Gasteiger partial charge in [-0.15, -0.1) is 0 Å². The maximum Gasteiger partial charge on any atom is 0.137 e. The van der Waals surface area contributed by atoms with Crippen molar-refractivity contribution < 1.29 is 4.74 Å². The molecule has 0 aliphatic carbocycles. The number of aromatic nitrogens is 5. The Morgan fingerprint density at radius 2 is 0.773 bits per heavy atom. The second-order valence-corrected chi connectivity index (χ2v) is 19.6. The summed E-state index contributed by atoms with van der Waals surface area (Å²) in [6.07, 6.45) is 3.86. The zero-order valence-corrected chi connectivity index (χ0v) is 38.0. The summed E-state index contributed by atoms with van der Waals surface area (Å²) < 4.78 is 13.8. The lowest BCUT2D eigenvalue weighted by Crippen LogP contribution is -2.12. The average Bonchev–Trinajstić information content (AvgIpc) is 3.96. The largest absolute Gasteiger partial charge is 0.457 e. The first-order valence-electron chi connectivity index (χ1n) is 22.8. The summed E-state index contributed by atoms with van der Waals surface area (Å²) in [7, 11) is 0. The van der Waals surface area contributed by atoms with Crippen molar-refractivity contribution >= 4 is 65.4 Å². The number of fused-ring (bicyclic) bond motifs is 9. The van der Waals surface area contributed by atoms with Crippen LogP contribution < -0.4 is 4.74 Å². The van der Waals surface area contributed by atoms with E-state index < -0.39 is 0 Å². The van der Waals surface area contributed by atoms with Gasteiger partial charge in [0.15, 0.2) is 0 Å². The van der Waals surface area contributed by atoms with Crippen molar-refractivity contribution in [2.75, 3.05) is 0 Å². The maximum atomic E-state index is 6.86. The first kappa shape index (κ1) is 39.6. The minimum absolute atomic E-state index is 0.0171. The molecule has 0 aliphatic rings. The lowest BCUT2D eigenvalue weighted by Gasteiger charge is -2.20. The third-order valence-corrected chi connectivity index (χ3v) is 13.3. The first-order chi connectivity index (χ1) is 32.0. The van der Waals surface area contributed by atoms with Crippen LogP contribution in [0.2, 0.25) is 0 Å². The zero-order chi connectivity index (χ0) is 44.9. The number of rotatable bonds is 6. The van der Waals surface area contributed by atoms with Crippen molar-refractivity contribution in [1.82, 2.24) is 23.7 Å². The molecule has 0 saturated heterocycles. The van der Waals surface area contributed by atoms with Gasteiger partial charge in [0, 0.05) is 62.5 Å². The molecule has 66 heavy (non-hydrogen) atoms. The van der Waals surface area contributed by atoms with Crippen LogP contribution in [0.25, 0.3) is 93.9 Å². The molecule has 0 aliphatic heterocycles. The standard InChI is InChI=1S/C60H49N5O/c1-59(2,3)40-28-30-61-57(34-40)64-52-19-13-10-16-45(52)47-24-22-43(36-55(47)64)66-44-23-25-48-50-33-39(21-27-54(50)65(56(48)37-44)58-35-41(29-31-62-58)60(4,5)6)38-20-26-53-49(32-38)46-17-11-12-18-51(46)63(53)42-14-8-7-9-15-42/h7-37H,1-6H3. The van der Waals surface area contributed by atoms with Crippen molar-refractivity contribution in [3.05, 3.63) is 199 Å². The SMILES string of the molecule is CC(C)(C)c1ccnc(-n2c3ccccc3c3ccc(Oc4ccc5c6cc(-c7ccc8c(c7)c7ccccc7n8-c7ccccc7)ccc6n(-c6cc(C(C)(C)C)ccn6)c5c4)cc32)c1. The molecule has 7 aromatic carbocycles. The number of nitrogens with zero attached hydrogens (tertiary/aromatic N) is 5. The van der Waals surface area contributed by atoms with Gasteiger partial charge in [-0.25, -0.2) is 9.97 Å². The summed E-state index contributed by atoms with van der Waals surface area (Å²) in [4.78, 5) is 9.91. The van der Waals surface area contributed by atoms with E-state index in [9.17, 15) is 0 Å². The molecule has 0 amide bonds. The van der Waals surface area contributed by atoms with Gasteiger partial charge < -0.3 is 9.30 Å². The molecule has 5 heterocycles. The summed E-state index contributed by atoms with van der Waals surface area (Å²) >= 11 is 0. The highest BCUT2D eigenvalue weighted by atomic mass is 16.5. The number of ether oxygens (including phenoxy) is 1. The molecule has 0 saturated carbocycles. The first-order valence-corrected chi connectivity index (χ1v) is 22.8. The van der Waals surface area contributed by atoms with Gasteiger partial charge in [0.25, 0.3) is 0 Å². The third kappa shape index (κ3) is 6.47. The van der Waals surface area contributed by atoms with Crippen molar-refractivity contribution in [1.29, 1.82) is 0 Å². The molecule has 0 unspecified atom stereocenters. The van der Waals surface area contributed by atoms with Gasteiger partial charge in [0.2, 0.25) is 0 Å². The Hall–Kier alpha value is -7.96. The number of benzene rings is 7. The fourth-order valence-corrected chi connectivity index (χ4v) is 9.91. The highest BCUT2D eigenvalue weighted by Crippen LogP contribution is 2.41. The van der Waals surface area contributed by atoms with E-state index >= 15 is 0 Å². The van der Waals surface area contributed by atoms with E-state index in [-0.39, 0.29) is 10.8 Å². The normalized spacial score (nSPS) is 12.4. The number of para-hydroxylation sites is 3. The van der Waals surface area contributed by atoms with E-state index in [1.807, 2.05) is 12.4 Å². The molecule has 6 nitrogen and oxygen atoms in total. The van der Waals surface area contributed by atoms with E-state index in [4.69, 9.17) is 14.7 Å². The Labute approximate surface area is 384 Å². The Kier molecular flexibility index (Phi) is 8.88. The van der Waals surface area contributed by atoms with Crippen LogP contribution in [0.5, 0.6) is 11.5 Å². The Morgan fingerprint density at radius 3 is 1.30 bits per heavy atom. The topological polar surface area (TPSA) is 49.8 Å². The summed E-state index contributed by atoms with van der Waals surface area (Å²) in [5, 5.41) is 7.08. The maximum absolute atomic E-state index is 6.86. The van der Waals surface area contributed by atoms with Crippen LogP contribution in [0, 0.1) is 0 Å². The van der Waals surface area contributed by atoms with Crippen LogP contribution in [-0.2, 0) is 10.8 Å². The molecule has 5 aromatic heterocycles. The second kappa shape index (κ2) is 14.8. The average molecular weight is 856 g/mol. The highest BCUT2D eigenvalue weighted by molar-refractivity contribution is 6.13. The van der Waals surface area contributed by atoms with Gasteiger partial charge in [-0.05, 0) is 130 Å². The summed E-state index contributed by atoms with van der Waals surface area (Å²) in [5.41, 5.74) is 12.5. The monoisotopic (exact) mass is 855 g/mol. The third-order valence-electron chi connectivity index (χ3n) is 13.3. The fraction of sp³-hybridized carbons (Fsp3) is 0.133. The molecule has 0 atom stereocenters. The minimum Gasteiger partial charge on any atom is -0.457 e. The molecule has 0 N–H and O–H groups in total. The number of pyridine rings is 2. The molecule has 6 heteroatoms. The Morgan fingerprint density at radius 1 is 0.348 bits per heavy atom. The molecular formula is C60H49N5O. The van der Waals surface area contributed by atoms with Crippen molar-refractivity contribution in [2.45, 2.75) is 52.4 Å². The van der Waals surface area contributed by atoms with Gasteiger partial charge in [-0.2, -0.15) is 0 Å². The smallest absolute Gasteiger partial charge is 0.137 e. The van der Waals surface area contributed by atoms with Gasteiger partial charge in [-0.1, -0.05) is 108 Å². The van der Waals surface area contributed by atoms with Crippen LogP contribution >= 0.6 is 0 Å². The molecule has 12 aromatic rings. The number of hydrogen-bond acceptors (Lipinski definition) is 3. The number of hydrogen-bond donors (Lipinski definition) is 0. The fourth-order valence-electron chi connectivity index (χ4n) is 9.91. The van der Waals surface area contributed by atoms with Crippen LogP contribution in [0.1, 0.15) is 52.7 Å². The predicted octanol–water partition coefficient (Wildman–Crippen LogP) is 15.8.